The highest BCUT2D eigenvalue weighted by Gasteiger charge is 2.17. The Labute approximate surface area is 184 Å². The second kappa shape index (κ2) is 7.90. The van der Waals surface area contributed by atoms with Gasteiger partial charge in [-0.25, -0.2) is 13.4 Å². The summed E-state index contributed by atoms with van der Waals surface area (Å²) in [5.41, 5.74) is 2.78. The Kier molecular flexibility index (Phi) is 5.07. The standard InChI is InChI=1S/C22H21N5O2S2/c1-15-23-20-8-7-18(14-21(20)30-15)31(28,29)26-17-6-4-5-16(13-17)19-9-10-22(25-24-19)27-11-2-3-12-27/h4-10,13-14,26H,2-3,11-12H2,1H3. The molecule has 4 aromatic rings. The summed E-state index contributed by atoms with van der Waals surface area (Å²) in [5.74, 6) is 0.881. The van der Waals surface area contributed by atoms with E-state index in [4.69, 9.17) is 0 Å². The van der Waals surface area contributed by atoms with Crippen LogP contribution in [0.2, 0.25) is 0 Å². The molecule has 1 N–H and O–H groups in total. The number of nitrogens with one attached hydrogen (secondary N) is 1. The van der Waals surface area contributed by atoms with Crippen LogP contribution >= 0.6 is 11.3 Å². The zero-order valence-corrected chi connectivity index (χ0v) is 18.6. The van der Waals surface area contributed by atoms with Crippen LogP contribution in [-0.2, 0) is 10.0 Å². The Hall–Kier alpha value is -3.04. The largest absolute Gasteiger partial charge is 0.355 e. The van der Waals surface area contributed by atoms with Gasteiger partial charge in [0.2, 0.25) is 0 Å². The summed E-state index contributed by atoms with van der Waals surface area (Å²) in [6.07, 6.45) is 2.36. The van der Waals surface area contributed by atoms with Crippen LogP contribution in [0.3, 0.4) is 0 Å². The van der Waals surface area contributed by atoms with Crippen LogP contribution in [0, 0.1) is 6.92 Å². The van der Waals surface area contributed by atoms with Gasteiger partial charge in [0.05, 0.1) is 25.8 Å². The van der Waals surface area contributed by atoms with Gasteiger partial charge in [-0.2, -0.15) is 0 Å². The number of aryl methyl sites for hydroxylation is 1. The molecule has 1 aliphatic rings. The highest BCUT2D eigenvalue weighted by molar-refractivity contribution is 7.92. The van der Waals surface area contributed by atoms with Gasteiger partial charge in [0.25, 0.3) is 10.0 Å². The zero-order chi connectivity index (χ0) is 21.4. The summed E-state index contributed by atoms with van der Waals surface area (Å²) in [7, 11) is -3.73. The van der Waals surface area contributed by atoms with E-state index in [0.717, 1.165) is 39.7 Å². The lowest BCUT2D eigenvalue weighted by molar-refractivity contribution is 0.601. The Morgan fingerprint density at radius 2 is 1.84 bits per heavy atom. The van der Waals surface area contributed by atoms with Gasteiger partial charge in [0, 0.05) is 24.3 Å². The predicted molar refractivity (Wildman–Crippen MR) is 124 cm³/mol. The van der Waals surface area contributed by atoms with E-state index in [1.54, 1.807) is 36.4 Å². The highest BCUT2D eigenvalue weighted by atomic mass is 32.2. The van der Waals surface area contributed by atoms with Gasteiger partial charge < -0.3 is 4.90 Å². The fraction of sp³-hybridized carbons (Fsp3) is 0.227. The first-order valence-corrected chi connectivity index (χ1v) is 12.4. The van der Waals surface area contributed by atoms with Crippen LogP contribution in [0.15, 0.2) is 59.5 Å². The quantitative estimate of drug-likeness (QED) is 0.482. The minimum absolute atomic E-state index is 0.212. The molecule has 158 valence electrons. The third kappa shape index (κ3) is 4.11. The monoisotopic (exact) mass is 451 g/mol. The molecule has 0 amide bonds. The number of rotatable bonds is 5. The second-order valence-corrected chi connectivity index (χ2v) is 10.4. The molecule has 3 heterocycles. The molecule has 1 saturated heterocycles. The third-order valence-corrected chi connectivity index (χ3v) is 7.58. The molecule has 9 heteroatoms. The SMILES string of the molecule is Cc1nc2ccc(S(=O)(=O)Nc3cccc(-c4ccc(N5CCCC5)nn4)c3)cc2s1. The van der Waals surface area contributed by atoms with Gasteiger partial charge in [-0.15, -0.1) is 21.5 Å². The molecular formula is C22H21N5O2S2. The highest BCUT2D eigenvalue weighted by Crippen LogP contribution is 2.27. The smallest absolute Gasteiger partial charge is 0.261 e. The maximum Gasteiger partial charge on any atom is 0.261 e. The fourth-order valence-electron chi connectivity index (χ4n) is 3.74. The van der Waals surface area contributed by atoms with Crippen molar-refractivity contribution in [1.29, 1.82) is 0 Å². The van der Waals surface area contributed by atoms with E-state index in [-0.39, 0.29) is 4.90 Å². The topological polar surface area (TPSA) is 88.1 Å². The van der Waals surface area contributed by atoms with E-state index in [1.807, 2.05) is 25.1 Å². The first-order chi connectivity index (χ1) is 15.0. The van der Waals surface area contributed by atoms with Crippen LogP contribution < -0.4 is 9.62 Å². The van der Waals surface area contributed by atoms with E-state index in [0.29, 0.717) is 11.4 Å². The van der Waals surface area contributed by atoms with Crippen molar-refractivity contribution in [2.75, 3.05) is 22.7 Å². The Bertz CT molecular complexity index is 1340. The van der Waals surface area contributed by atoms with Crippen LogP contribution in [0.5, 0.6) is 0 Å². The first kappa shape index (κ1) is 19.9. The normalized spacial score (nSPS) is 14.3. The number of aromatic nitrogens is 3. The molecule has 1 aliphatic heterocycles. The van der Waals surface area contributed by atoms with Gasteiger partial charge in [-0.05, 0) is 62.2 Å². The maximum absolute atomic E-state index is 12.9. The molecular weight excluding hydrogens is 430 g/mol. The van der Waals surface area contributed by atoms with Crippen molar-refractivity contribution in [3.05, 3.63) is 59.6 Å². The van der Waals surface area contributed by atoms with Gasteiger partial charge in [-0.3, -0.25) is 4.72 Å². The molecule has 5 rings (SSSR count). The first-order valence-electron chi connectivity index (χ1n) is 10.1. The van der Waals surface area contributed by atoms with Crippen molar-refractivity contribution >= 4 is 43.1 Å². The average Bonchev–Trinajstić information content (AvgIpc) is 3.42. The van der Waals surface area contributed by atoms with E-state index in [1.165, 1.54) is 24.2 Å². The minimum atomic E-state index is -3.73. The maximum atomic E-state index is 12.9. The lowest BCUT2D eigenvalue weighted by Gasteiger charge is -2.15. The number of hydrogen-bond donors (Lipinski definition) is 1. The molecule has 0 radical (unpaired) electrons. The number of thiazole rings is 1. The van der Waals surface area contributed by atoms with Crippen molar-refractivity contribution in [3.63, 3.8) is 0 Å². The van der Waals surface area contributed by atoms with Crippen molar-refractivity contribution in [1.82, 2.24) is 15.2 Å². The molecule has 0 unspecified atom stereocenters. The number of hydrogen-bond acceptors (Lipinski definition) is 7. The van der Waals surface area contributed by atoms with Gasteiger partial charge in [0.1, 0.15) is 0 Å². The van der Waals surface area contributed by atoms with E-state index < -0.39 is 10.0 Å². The van der Waals surface area contributed by atoms with Gasteiger partial charge >= 0.3 is 0 Å². The molecule has 0 bridgehead atoms. The van der Waals surface area contributed by atoms with Crippen molar-refractivity contribution in [2.24, 2.45) is 0 Å². The summed E-state index contributed by atoms with van der Waals surface area (Å²) in [4.78, 5) is 6.82. The average molecular weight is 452 g/mol. The summed E-state index contributed by atoms with van der Waals surface area (Å²) in [6, 6.07) is 16.1. The van der Waals surface area contributed by atoms with Crippen LogP contribution in [0.25, 0.3) is 21.5 Å². The molecule has 7 nitrogen and oxygen atoms in total. The van der Waals surface area contributed by atoms with Crippen molar-refractivity contribution < 1.29 is 8.42 Å². The number of benzene rings is 2. The molecule has 0 spiro atoms. The van der Waals surface area contributed by atoms with Crippen molar-refractivity contribution in [3.8, 4) is 11.3 Å². The summed E-state index contributed by atoms with van der Waals surface area (Å²) >= 11 is 1.48. The lowest BCUT2D eigenvalue weighted by atomic mass is 10.1. The molecule has 2 aromatic carbocycles. The third-order valence-electron chi connectivity index (χ3n) is 5.27. The zero-order valence-electron chi connectivity index (χ0n) is 16.9. The molecule has 0 aliphatic carbocycles. The Balaban J connectivity index is 1.39. The van der Waals surface area contributed by atoms with Gasteiger partial charge in [-0.1, -0.05) is 12.1 Å². The van der Waals surface area contributed by atoms with Crippen LogP contribution in [-0.4, -0.2) is 36.7 Å². The Morgan fingerprint density at radius 3 is 2.61 bits per heavy atom. The molecule has 1 fully saturated rings. The summed E-state index contributed by atoms with van der Waals surface area (Å²) in [5, 5.41) is 9.61. The number of sulfonamides is 1. The van der Waals surface area contributed by atoms with Crippen LogP contribution in [0.4, 0.5) is 11.5 Å². The second-order valence-electron chi connectivity index (χ2n) is 7.52. The van der Waals surface area contributed by atoms with E-state index >= 15 is 0 Å². The van der Waals surface area contributed by atoms with Crippen molar-refractivity contribution in [2.45, 2.75) is 24.7 Å². The molecule has 0 atom stereocenters. The minimum Gasteiger partial charge on any atom is -0.355 e. The summed E-state index contributed by atoms with van der Waals surface area (Å²) in [6.45, 7) is 3.93. The van der Waals surface area contributed by atoms with Crippen LogP contribution in [0.1, 0.15) is 17.8 Å². The fourth-order valence-corrected chi connectivity index (χ4v) is 5.75. The molecule has 0 saturated carbocycles. The van der Waals surface area contributed by atoms with E-state index in [2.05, 4.69) is 24.8 Å². The van der Waals surface area contributed by atoms with Gasteiger partial charge in [0.15, 0.2) is 5.82 Å². The number of fused-ring (bicyclic) bond motifs is 1. The van der Waals surface area contributed by atoms with E-state index in [9.17, 15) is 8.42 Å². The Morgan fingerprint density at radius 1 is 1.00 bits per heavy atom. The number of nitrogens with zero attached hydrogens (tertiary/aromatic N) is 4. The predicted octanol–water partition coefficient (Wildman–Crippen LogP) is 4.46. The molecule has 2 aromatic heterocycles. The number of anilines is 2. The molecule has 31 heavy (non-hydrogen) atoms. The summed E-state index contributed by atoms with van der Waals surface area (Å²) < 4.78 is 29.4. The lowest BCUT2D eigenvalue weighted by Crippen LogP contribution is -2.19.